The van der Waals surface area contributed by atoms with Gasteiger partial charge < -0.3 is 20.5 Å². The minimum absolute atomic E-state index is 0.0341. The summed E-state index contributed by atoms with van der Waals surface area (Å²) in [6, 6.07) is 20.2. The lowest BCUT2D eigenvalue weighted by Gasteiger charge is -2.28. The Labute approximate surface area is 271 Å². The zero-order valence-corrected chi connectivity index (χ0v) is 27.1. The van der Waals surface area contributed by atoms with Crippen LogP contribution in [0.4, 0.5) is 5.82 Å². The van der Waals surface area contributed by atoms with Gasteiger partial charge in [-0.1, -0.05) is 30.3 Å². The predicted octanol–water partition coefficient (Wildman–Crippen LogP) is 2.27. The second-order valence-electron chi connectivity index (χ2n) is 10.8. The van der Waals surface area contributed by atoms with Gasteiger partial charge >= 0.3 is 0 Å². The molecule has 0 bridgehead atoms. The molecule has 1 aliphatic heterocycles. The number of aromatic nitrogens is 5. The van der Waals surface area contributed by atoms with Gasteiger partial charge in [-0.3, -0.25) is 0 Å². The van der Waals surface area contributed by atoms with Crippen LogP contribution in [0.5, 0.6) is 11.5 Å². The van der Waals surface area contributed by atoms with Gasteiger partial charge in [0.05, 0.1) is 36.5 Å². The van der Waals surface area contributed by atoms with E-state index in [1.165, 1.54) is 30.2 Å². The molecule has 5 aromatic rings. The van der Waals surface area contributed by atoms with Gasteiger partial charge in [-0.15, -0.1) is 10.2 Å². The summed E-state index contributed by atoms with van der Waals surface area (Å²) in [6.45, 7) is 0.466. The van der Waals surface area contributed by atoms with Gasteiger partial charge in [-0.05, 0) is 64.4 Å². The molecule has 6 rings (SSSR count). The first-order valence-electron chi connectivity index (χ1n) is 14.5. The number of sulfonamides is 1. The highest BCUT2D eigenvalue weighted by Crippen LogP contribution is 2.40. The van der Waals surface area contributed by atoms with Crippen LogP contribution >= 0.6 is 0 Å². The van der Waals surface area contributed by atoms with Gasteiger partial charge in [0, 0.05) is 31.4 Å². The van der Waals surface area contributed by atoms with Crippen molar-refractivity contribution in [1.82, 2.24) is 35.2 Å². The van der Waals surface area contributed by atoms with E-state index in [9.17, 15) is 16.8 Å². The van der Waals surface area contributed by atoms with Crippen molar-refractivity contribution in [2.75, 3.05) is 33.0 Å². The van der Waals surface area contributed by atoms with Gasteiger partial charge in [0.1, 0.15) is 22.2 Å². The fourth-order valence-electron chi connectivity index (χ4n) is 5.04. The number of nitrogens with two attached hydrogens (primary N) is 1. The summed E-state index contributed by atoms with van der Waals surface area (Å²) in [6.07, 6.45) is 1.47. The van der Waals surface area contributed by atoms with Crippen LogP contribution in [0.15, 0.2) is 88.8 Å². The molecule has 3 aromatic carbocycles. The maximum absolute atomic E-state index is 14.4. The number of pyridine rings is 1. The number of nitrogens with zero attached hydrogens (tertiary/aromatic N) is 5. The molecule has 0 radical (unpaired) electrons. The van der Waals surface area contributed by atoms with Gasteiger partial charge in [0.2, 0.25) is 15.8 Å². The van der Waals surface area contributed by atoms with Crippen LogP contribution in [0.2, 0.25) is 0 Å². The van der Waals surface area contributed by atoms with Gasteiger partial charge in [0.25, 0.3) is 0 Å². The molecule has 4 N–H and O–H groups in total. The molecule has 16 heteroatoms. The lowest BCUT2D eigenvalue weighted by molar-refractivity contribution is 0.414. The molecule has 1 saturated heterocycles. The number of nitrogen functional groups attached to an aromatic ring is 1. The number of sulfone groups is 1. The summed E-state index contributed by atoms with van der Waals surface area (Å²) in [4.78, 5) is 4.64. The maximum atomic E-state index is 14.4. The first-order valence-corrected chi connectivity index (χ1v) is 17.5. The Morgan fingerprint density at radius 3 is 2.13 bits per heavy atom. The summed E-state index contributed by atoms with van der Waals surface area (Å²) in [5.41, 5.74) is 8.08. The number of nitrogens with one attached hydrogen (secondary N) is 2. The first-order chi connectivity index (χ1) is 22.6. The average molecular weight is 677 g/mol. The number of tetrazole rings is 1. The summed E-state index contributed by atoms with van der Waals surface area (Å²) in [5.74, 6) is 1.46. The minimum Gasteiger partial charge on any atom is -0.497 e. The zero-order chi connectivity index (χ0) is 33.2. The molecule has 47 heavy (non-hydrogen) atoms. The summed E-state index contributed by atoms with van der Waals surface area (Å²) < 4.78 is 69.7. The number of hydrogen-bond donors (Lipinski definition) is 3. The smallest absolute Gasteiger partial charge is 0.242 e. The Morgan fingerprint density at radius 1 is 0.894 bits per heavy atom. The minimum atomic E-state index is -4.54. The van der Waals surface area contributed by atoms with E-state index in [2.05, 4.69) is 30.4 Å². The van der Waals surface area contributed by atoms with Crippen LogP contribution in [0.25, 0.3) is 22.5 Å². The molecular formula is C31H32N8O6S2. The molecule has 0 aliphatic carbocycles. The maximum Gasteiger partial charge on any atom is 0.242 e. The Bertz CT molecular complexity index is 2100. The van der Waals surface area contributed by atoms with Crippen molar-refractivity contribution in [2.24, 2.45) is 0 Å². The molecule has 0 saturated carbocycles. The first kappa shape index (κ1) is 32.1. The second kappa shape index (κ2) is 13.1. The van der Waals surface area contributed by atoms with Crippen LogP contribution in [0.3, 0.4) is 0 Å². The van der Waals surface area contributed by atoms with E-state index in [1.807, 2.05) is 12.1 Å². The third kappa shape index (κ3) is 6.66. The Balaban J connectivity index is 1.52. The second-order valence-corrected chi connectivity index (χ2v) is 14.7. The molecule has 0 unspecified atom stereocenters. The van der Waals surface area contributed by atoms with E-state index >= 15 is 0 Å². The molecule has 0 atom stereocenters. The quantitative estimate of drug-likeness (QED) is 0.175. The molecule has 1 fully saturated rings. The number of benzene rings is 3. The van der Waals surface area contributed by atoms with Crippen molar-refractivity contribution < 1.29 is 26.3 Å². The molecule has 0 amide bonds. The fourth-order valence-corrected chi connectivity index (χ4v) is 8.67. The third-order valence-corrected chi connectivity index (χ3v) is 11.5. The highest BCUT2D eigenvalue weighted by Gasteiger charge is 2.39. The average Bonchev–Trinajstić information content (AvgIpc) is 3.51. The lowest BCUT2D eigenvalue weighted by Crippen LogP contribution is -2.51. The van der Waals surface area contributed by atoms with Gasteiger partial charge in [-0.25, -0.2) is 26.5 Å². The number of rotatable bonds is 12. The molecule has 1 aliphatic rings. The van der Waals surface area contributed by atoms with Crippen LogP contribution in [-0.4, -0.2) is 74.6 Å². The van der Waals surface area contributed by atoms with E-state index in [-0.39, 0.29) is 48.3 Å². The molecule has 14 nitrogen and oxygen atoms in total. The number of methoxy groups -OCH3 is 2. The van der Waals surface area contributed by atoms with Crippen LogP contribution in [-0.2, 0) is 33.0 Å². The SMILES string of the molecule is COc1ccc(CNS(=O)(=O)c2c(S(=O)(=O)C3CNC3)ccc(-c3ccc(N)nc3)c2-c2nnn(Cc3ccc(OC)cc3)n2)cc1. The number of ether oxygens (including phenoxy) is 2. The molecule has 244 valence electrons. The summed E-state index contributed by atoms with van der Waals surface area (Å²) >= 11 is 0. The lowest BCUT2D eigenvalue weighted by atomic mass is 10.0. The van der Waals surface area contributed by atoms with Crippen molar-refractivity contribution in [3.8, 4) is 34.0 Å². The highest BCUT2D eigenvalue weighted by molar-refractivity contribution is 7.94. The van der Waals surface area contributed by atoms with Crippen molar-refractivity contribution in [3.05, 3.63) is 90.1 Å². The van der Waals surface area contributed by atoms with E-state index in [4.69, 9.17) is 15.2 Å². The zero-order valence-electron chi connectivity index (χ0n) is 25.5. The van der Waals surface area contributed by atoms with Crippen molar-refractivity contribution in [1.29, 1.82) is 0 Å². The summed E-state index contributed by atoms with van der Waals surface area (Å²) in [5, 5.41) is 15.1. The van der Waals surface area contributed by atoms with Crippen LogP contribution in [0.1, 0.15) is 11.1 Å². The monoisotopic (exact) mass is 676 g/mol. The normalized spacial score (nSPS) is 13.7. The van der Waals surface area contributed by atoms with Gasteiger partial charge in [-0.2, -0.15) is 4.80 Å². The molecule has 3 heterocycles. The largest absolute Gasteiger partial charge is 0.497 e. The van der Waals surface area contributed by atoms with Gasteiger partial charge in [0.15, 0.2) is 9.84 Å². The predicted molar refractivity (Wildman–Crippen MR) is 174 cm³/mol. The Morgan fingerprint density at radius 2 is 1.55 bits per heavy atom. The van der Waals surface area contributed by atoms with E-state index < -0.39 is 30.0 Å². The van der Waals surface area contributed by atoms with Crippen molar-refractivity contribution in [2.45, 2.75) is 28.1 Å². The number of anilines is 1. The van der Waals surface area contributed by atoms with E-state index in [1.54, 1.807) is 55.6 Å². The van der Waals surface area contributed by atoms with Crippen molar-refractivity contribution >= 4 is 25.7 Å². The summed E-state index contributed by atoms with van der Waals surface area (Å²) in [7, 11) is -5.56. The topological polar surface area (TPSA) is 193 Å². The van der Waals surface area contributed by atoms with E-state index in [0.29, 0.717) is 28.2 Å². The Hall–Kier alpha value is -4.90. The van der Waals surface area contributed by atoms with Crippen LogP contribution in [0, 0.1) is 0 Å². The third-order valence-electron chi connectivity index (χ3n) is 7.76. The fraction of sp³-hybridized carbons (Fsp3) is 0.226. The Kier molecular flexibility index (Phi) is 8.92. The van der Waals surface area contributed by atoms with Crippen LogP contribution < -0.4 is 25.2 Å². The molecule has 2 aromatic heterocycles. The molecule has 0 spiro atoms. The molecular weight excluding hydrogens is 645 g/mol. The standard InChI is InChI=1S/C31H32N8O6S2/c1-44-23-8-3-20(4-9-23)15-35-47(42,43)30-27(46(40,41)25-17-33-18-25)13-12-26(22-7-14-28(32)34-16-22)29(30)31-36-38-39(37-31)19-21-5-10-24(45-2)11-6-21/h3-14,16,25,33,35H,15,17-19H2,1-2H3,(H2,32,34). The highest BCUT2D eigenvalue weighted by atomic mass is 32.2. The van der Waals surface area contributed by atoms with Crippen molar-refractivity contribution in [3.63, 3.8) is 0 Å². The van der Waals surface area contributed by atoms with E-state index in [0.717, 1.165) is 5.56 Å². The number of hydrogen-bond acceptors (Lipinski definition) is 12.